The van der Waals surface area contributed by atoms with E-state index < -0.39 is 31.6 Å². The van der Waals surface area contributed by atoms with Gasteiger partial charge in [0.25, 0.3) is 0 Å². The first-order valence-electron chi connectivity index (χ1n) is 2.87. The molecule has 0 aliphatic carbocycles. The van der Waals surface area contributed by atoms with Crippen LogP contribution in [0, 0.1) is 31.1 Å². The van der Waals surface area contributed by atoms with E-state index in [1.54, 1.807) is 0 Å². The molecule has 132 valence electrons. The average molecular weight is 801 g/mol. The van der Waals surface area contributed by atoms with Crippen LogP contribution < -0.4 is 156 Å². The summed E-state index contributed by atoms with van der Waals surface area (Å²) in [5.74, 6) is 0. The third-order valence-electron chi connectivity index (χ3n) is 0. The Kier molecular flexibility index (Phi) is 43.6. The second kappa shape index (κ2) is 21.7. The van der Waals surface area contributed by atoms with E-state index in [9.17, 15) is 16.8 Å². The van der Waals surface area contributed by atoms with Gasteiger partial charge in [-0.05, 0) is 0 Å². The minimum atomic E-state index is -5.64. The predicted octanol–water partition coefficient (Wildman–Crippen LogP) is -10.9. The van der Waals surface area contributed by atoms with E-state index in [1.807, 2.05) is 0 Å². The Morgan fingerprint density at radius 1 is 0.435 bits per heavy atom. The van der Waals surface area contributed by atoms with Gasteiger partial charge >= 0.3 is 116 Å². The smallest absolute Gasteiger partial charge is 0.786 e. The van der Waals surface area contributed by atoms with Crippen molar-refractivity contribution in [2.75, 3.05) is 0 Å². The van der Waals surface area contributed by atoms with E-state index in [0.29, 0.717) is 0 Å². The quantitative estimate of drug-likeness (QED) is 0.164. The van der Waals surface area contributed by atoms with Crippen molar-refractivity contribution in [2.24, 2.45) is 0 Å². The van der Waals surface area contributed by atoms with Crippen LogP contribution in [0.4, 0.5) is 16.8 Å². The van der Waals surface area contributed by atoms with Crippen molar-refractivity contribution in [3.8, 4) is 0 Å². The molecule has 0 unspecified atom stereocenters. The normalized spacial score (nSPS) is 10.3. The van der Waals surface area contributed by atoms with Crippen LogP contribution in [-0.2, 0) is 18.3 Å². The van der Waals surface area contributed by atoms with Crippen LogP contribution >= 0.6 is 31.6 Å². The molecule has 0 saturated carbocycles. The second-order valence-electron chi connectivity index (χ2n) is 1.72. The summed E-state index contributed by atoms with van der Waals surface area (Å²) in [4.78, 5) is 67.5. The Bertz CT molecular complexity index is 308. The van der Waals surface area contributed by atoms with Crippen molar-refractivity contribution in [3.05, 3.63) is 0 Å². The zero-order chi connectivity index (χ0) is 18.0. The molecule has 0 spiro atoms. The molecule has 0 aliphatic heterocycles. The van der Waals surface area contributed by atoms with Crippen molar-refractivity contribution >= 4 is 31.6 Å². The molecule has 0 aromatic rings. The molecule has 0 fully saturated rings. The van der Waals surface area contributed by atoms with Crippen LogP contribution in [0.2, 0.25) is 0 Å². The van der Waals surface area contributed by atoms with E-state index in [-0.39, 0.29) is 147 Å². The van der Waals surface area contributed by atoms with Crippen LogP contribution in [-0.4, -0.2) is 0 Å². The third-order valence-corrected chi connectivity index (χ3v) is 0. The summed E-state index contributed by atoms with van der Waals surface area (Å²) >= 11 is 0. The first-order valence-corrected chi connectivity index (χ1v) is 8.60. The minimum absolute atomic E-state index is 0. The fraction of sp³-hybridized carbons (Fsp3) is 0. The molecule has 0 bridgehead atoms. The number of hydrogen-bond donors (Lipinski definition) is 0. The maximum atomic E-state index is 10.1. The molecule has 0 rings (SSSR count). The van der Waals surface area contributed by atoms with E-state index >= 15 is 0 Å². The Labute approximate surface area is 247 Å². The second-order valence-corrected chi connectivity index (χ2v) is 5.17. The standard InChI is InChI=1S/4FH2O3P.2Rb.U/c4*1-5(2,3)4;;;/h4*(H2,2,3,4);;;/q;;;;2*+1;/p-8. The van der Waals surface area contributed by atoms with Gasteiger partial charge in [-0.1, -0.05) is 0 Å². The van der Waals surface area contributed by atoms with Gasteiger partial charge in [-0.2, -0.15) is 0 Å². The van der Waals surface area contributed by atoms with Crippen LogP contribution in [0.25, 0.3) is 0 Å². The van der Waals surface area contributed by atoms with Crippen LogP contribution in [0.5, 0.6) is 0 Å². The Hall–Kier alpha value is 4.98. The third kappa shape index (κ3) is 678. The summed E-state index contributed by atoms with van der Waals surface area (Å²) in [5, 5.41) is 0. The van der Waals surface area contributed by atoms with Crippen molar-refractivity contribution in [1.29, 1.82) is 0 Å². The van der Waals surface area contributed by atoms with Crippen molar-refractivity contribution in [1.82, 2.24) is 0 Å². The van der Waals surface area contributed by atoms with E-state index in [2.05, 4.69) is 0 Å². The van der Waals surface area contributed by atoms with Gasteiger partial charge in [-0.3, -0.25) is 0 Å². The maximum absolute atomic E-state index is 10.1. The summed E-state index contributed by atoms with van der Waals surface area (Å²) in [6.07, 6.45) is 0. The summed E-state index contributed by atoms with van der Waals surface area (Å²) in [7, 11) is -22.6. The van der Waals surface area contributed by atoms with E-state index in [0.717, 1.165) is 0 Å². The fourth-order valence-electron chi connectivity index (χ4n) is 0. The van der Waals surface area contributed by atoms with E-state index in [4.69, 9.17) is 57.4 Å². The van der Waals surface area contributed by atoms with Crippen molar-refractivity contribution in [3.63, 3.8) is 0 Å². The molecule has 0 aliphatic rings. The molecular weight excluding hydrogens is 801 g/mol. The van der Waals surface area contributed by atoms with Gasteiger partial charge in [-0.25, -0.2) is 16.8 Å². The van der Waals surface area contributed by atoms with Gasteiger partial charge < -0.3 is 57.4 Å². The zero-order valence-corrected chi connectivity index (χ0v) is 28.3. The molecule has 0 heterocycles. The predicted molar refractivity (Wildman–Crippen MR) is 34.9 cm³/mol. The minimum Gasteiger partial charge on any atom is -0.786 e. The molecule has 12 nitrogen and oxygen atoms in total. The average Bonchev–Trinajstić information content (AvgIpc) is 1.62. The Balaban J connectivity index is -0.0000000284. The molecule has 0 atom stereocenters. The number of rotatable bonds is 0. The van der Waals surface area contributed by atoms with Gasteiger partial charge in [0.2, 0.25) is 0 Å². The molecule has 0 aromatic heterocycles. The maximum Gasteiger partial charge on any atom is 1.00 e. The van der Waals surface area contributed by atoms with Crippen LogP contribution in [0.15, 0.2) is 0 Å². The molecule has 0 aromatic carbocycles. The molecule has 0 amide bonds. The largest absolute Gasteiger partial charge is 1.00 e. The summed E-state index contributed by atoms with van der Waals surface area (Å²) < 4.78 is 74.3. The van der Waals surface area contributed by atoms with Crippen LogP contribution in [0.3, 0.4) is 0 Å². The summed E-state index contributed by atoms with van der Waals surface area (Å²) in [6.45, 7) is 0. The molecule has 0 N–H and O–H groups in total. The summed E-state index contributed by atoms with van der Waals surface area (Å²) in [6, 6.07) is 0. The van der Waals surface area contributed by atoms with Crippen LogP contribution in [0.1, 0.15) is 0 Å². The van der Waals surface area contributed by atoms with Gasteiger partial charge in [0.15, 0.2) is 0 Å². The molecule has 0 saturated heterocycles. The number of halogens is 4. The summed E-state index contributed by atoms with van der Waals surface area (Å²) in [5.41, 5.74) is 0. The number of hydrogen-bond acceptors (Lipinski definition) is 12. The SMILES string of the molecule is O=P([O-])([O-])F.O=P([O-])([O-])F.O=P([O-])([O-])F.O=P([O-])([O-])F.[Rb+].[Rb+].[U]. The first kappa shape index (κ1) is 46.3. The monoisotopic (exact) mass is 800 g/mol. The zero-order valence-electron chi connectivity index (χ0n) is 10.7. The van der Waals surface area contributed by atoms with E-state index in [1.165, 1.54) is 0 Å². The molecular formula is F4O12P4Rb2U-6. The van der Waals surface area contributed by atoms with Gasteiger partial charge in [0.05, 0.1) is 0 Å². The fourth-order valence-corrected chi connectivity index (χ4v) is 0. The Morgan fingerprint density at radius 2 is 0.435 bits per heavy atom. The topological polar surface area (TPSA) is 253 Å². The first-order chi connectivity index (χ1) is 8.00. The van der Waals surface area contributed by atoms with Crippen molar-refractivity contribution < 1.29 is 222 Å². The van der Waals surface area contributed by atoms with Gasteiger partial charge in [0, 0.05) is 31.1 Å². The van der Waals surface area contributed by atoms with Crippen molar-refractivity contribution in [2.45, 2.75) is 0 Å². The Morgan fingerprint density at radius 3 is 0.435 bits per heavy atom. The van der Waals surface area contributed by atoms with Gasteiger partial charge in [-0.15, -0.1) is 0 Å². The molecule has 23 heteroatoms. The van der Waals surface area contributed by atoms with Gasteiger partial charge in [0.1, 0.15) is 31.6 Å². The molecule has 23 heavy (non-hydrogen) atoms. The molecule has 0 radical (unpaired) electrons.